The average Bonchev–Trinajstić information content (AvgIpc) is 2.66. The van der Waals surface area contributed by atoms with E-state index in [2.05, 4.69) is 4.90 Å². The number of carbonyl (C=O) groups is 2. The van der Waals surface area contributed by atoms with E-state index in [1.807, 2.05) is 6.07 Å². The van der Waals surface area contributed by atoms with Gasteiger partial charge in [-0.1, -0.05) is 23.2 Å². The highest BCUT2D eigenvalue weighted by molar-refractivity contribution is 7.20. The van der Waals surface area contributed by atoms with Crippen molar-refractivity contribution in [2.24, 2.45) is 5.92 Å². The molecule has 104 valence electrons. The summed E-state index contributed by atoms with van der Waals surface area (Å²) in [7, 11) is 0. The molecule has 1 aliphatic rings. The lowest BCUT2D eigenvalue weighted by molar-refractivity contribution is -0.134. The van der Waals surface area contributed by atoms with Crippen LogP contribution in [0.3, 0.4) is 0 Å². The summed E-state index contributed by atoms with van der Waals surface area (Å²) in [5, 5.41) is 0. The fourth-order valence-corrected chi connectivity index (χ4v) is 3.82. The van der Waals surface area contributed by atoms with Gasteiger partial charge in [0.15, 0.2) is 0 Å². The Morgan fingerprint density at radius 2 is 2.26 bits per heavy atom. The Bertz CT molecular complexity index is 501. The molecule has 0 radical (unpaired) electrons. The van der Waals surface area contributed by atoms with Crippen molar-refractivity contribution in [2.75, 3.05) is 19.6 Å². The molecule has 0 aliphatic carbocycles. The van der Waals surface area contributed by atoms with Gasteiger partial charge >= 0.3 is 0 Å². The van der Waals surface area contributed by atoms with E-state index in [0.717, 1.165) is 29.4 Å². The summed E-state index contributed by atoms with van der Waals surface area (Å²) in [6.07, 6.45) is 1.25. The van der Waals surface area contributed by atoms with Crippen molar-refractivity contribution in [2.45, 2.75) is 19.8 Å². The lowest BCUT2D eigenvalue weighted by atomic mass is 9.93. The van der Waals surface area contributed by atoms with Crippen LogP contribution in [0.5, 0.6) is 0 Å². The molecule has 3 nitrogen and oxygen atoms in total. The van der Waals surface area contributed by atoms with E-state index in [0.29, 0.717) is 17.3 Å². The summed E-state index contributed by atoms with van der Waals surface area (Å²) in [5.41, 5.74) is 1.04. The lowest BCUT2D eigenvalue weighted by Gasteiger charge is -2.30. The predicted molar refractivity (Wildman–Crippen MR) is 78.3 cm³/mol. The third kappa shape index (κ3) is 3.78. The van der Waals surface area contributed by atoms with Gasteiger partial charge in [0.2, 0.25) is 0 Å². The van der Waals surface area contributed by atoms with E-state index >= 15 is 0 Å². The Labute approximate surface area is 126 Å². The quantitative estimate of drug-likeness (QED) is 0.800. The third-order valence-electron chi connectivity index (χ3n) is 3.42. The van der Waals surface area contributed by atoms with E-state index < -0.39 is 5.92 Å². The van der Waals surface area contributed by atoms with Crippen LogP contribution in [0.1, 0.15) is 18.9 Å². The first-order valence-electron chi connectivity index (χ1n) is 6.16. The maximum atomic E-state index is 11.6. The second-order valence-electron chi connectivity index (χ2n) is 4.78. The largest absolute Gasteiger partial charge is 0.301 e. The second-order valence-corrected chi connectivity index (χ2v) is 7.07. The highest BCUT2D eigenvalue weighted by atomic mass is 35.5. The Hall–Kier alpha value is -0.420. The summed E-state index contributed by atoms with van der Waals surface area (Å²) in [6.45, 7) is 3.53. The Morgan fingerprint density at radius 1 is 1.53 bits per heavy atom. The molecule has 0 aromatic carbocycles. The molecule has 6 heteroatoms. The highest BCUT2D eigenvalue weighted by Gasteiger charge is 2.30. The normalized spacial score (nSPS) is 20.8. The molecule has 19 heavy (non-hydrogen) atoms. The molecule has 1 fully saturated rings. The highest BCUT2D eigenvalue weighted by Crippen LogP contribution is 2.31. The van der Waals surface area contributed by atoms with E-state index in [1.165, 1.54) is 18.3 Å². The number of piperidine rings is 1. The van der Waals surface area contributed by atoms with Crippen LogP contribution in [-0.2, 0) is 16.0 Å². The van der Waals surface area contributed by atoms with Gasteiger partial charge in [0.05, 0.1) is 14.6 Å². The first kappa shape index (κ1) is 15.0. The van der Waals surface area contributed by atoms with Crippen molar-refractivity contribution in [3.8, 4) is 0 Å². The molecule has 1 saturated heterocycles. The standard InChI is InChI=1S/C13H15Cl2NO2S/c1-8(17)10-7-16(5-3-11(10)18)4-2-9-6-12(14)19-13(9)15/h6,10H,2-5,7H2,1H3. The van der Waals surface area contributed by atoms with Crippen molar-refractivity contribution in [1.29, 1.82) is 0 Å². The predicted octanol–water partition coefficient (Wildman–Crippen LogP) is 3.08. The van der Waals surface area contributed by atoms with Gasteiger partial charge < -0.3 is 4.90 Å². The van der Waals surface area contributed by atoms with Crippen LogP contribution >= 0.6 is 34.5 Å². The zero-order chi connectivity index (χ0) is 14.0. The summed E-state index contributed by atoms with van der Waals surface area (Å²) in [6, 6.07) is 1.88. The van der Waals surface area contributed by atoms with Crippen LogP contribution in [0.15, 0.2) is 6.07 Å². The monoisotopic (exact) mass is 319 g/mol. The molecule has 0 N–H and O–H groups in total. The van der Waals surface area contributed by atoms with Gasteiger partial charge in [-0.2, -0.15) is 0 Å². The molecule has 0 saturated carbocycles. The molecule has 1 aromatic rings. The van der Waals surface area contributed by atoms with E-state index in [9.17, 15) is 9.59 Å². The molecule has 1 aromatic heterocycles. The SMILES string of the molecule is CC(=O)C1CN(CCc2cc(Cl)sc2Cl)CCC1=O. The van der Waals surface area contributed by atoms with Crippen molar-refractivity contribution >= 4 is 46.1 Å². The maximum absolute atomic E-state index is 11.6. The lowest BCUT2D eigenvalue weighted by Crippen LogP contribution is -2.44. The number of rotatable bonds is 4. The molecule has 1 aliphatic heterocycles. The zero-order valence-corrected chi connectivity index (χ0v) is 12.9. The molecule has 2 rings (SSSR count). The first-order valence-corrected chi connectivity index (χ1v) is 7.74. The number of hydrogen-bond acceptors (Lipinski definition) is 4. The molecule has 2 heterocycles. The Kier molecular flexibility index (Phi) is 5.01. The second kappa shape index (κ2) is 6.35. The number of hydrogen-bond donors (Lipinski definition) is 0. The van der Waals surface area contributed by atoms with E-state index in [4.69, 9.17) is 23.2 Å². The van der Waals surface area contributed by atoms with Gasteiger partial charge in [0, 0.05) is 26.1 Å². The number of Topliss-reactive ketones (excluding diaryl/α,β-unsaturated/α-hetero) is 2. The van der Waals surface area contributed by atoms with E-state index in [1.54, 1.807) is 0 Å². The average molecular weight is 320 g/mol. The summed E-state index contributed by atoms with van der Waals surface area (Å²) >= 11 is 13.3. The Balaban J connectivity index is 1.91. The van der Waals surface area contributed by atoms with Crippen LogP contribution in [0.25, 0.3) is 0 Å². The van der Waals surface area contributed by atoms with Crippen LogP contribution in [0, 0.1) is 5.92 Å². The van der Waals surface area contributed by atoms with Gasteiger partial charge in [0.25, 0.3) is 0 Å². The van der Waals surface area contributed by atoms with Crippen molar-refractivity contribution < 1.29 is 9.59 Å². The topological polar surface area (TPSA) is 37.4 Å². The molecule has 1 atom stereocenters. The Morgan fingerprint density at radius 3 is 2.84 bits per heavy atom. The minimum atomic E-state index is -0.449. The van der Waals surface area contributed by atoms with E-state index in [-0.39, 0.29) is 11.6 Å². The summed E-state index contributed by atoms with van der Waals surface area (Å²) in [5.74, 6) is -0.415. The minimum Gasteiger partial charge on any atom is -0.301 e. The smallest absolute Gasteiger partial charge is 0.145 e. The third-order valence-corrected chi connectivity index (χ3v) is 4.99. The van der Waals surface area contributed by atoms with Gasteiger partial charge in [-0.05, 0) is 25.0 Å². The van der Waals surface area contributed by atoms with Gasteiger partial charge in [-0.25, -0.2) is 0 Å². The number of thiophene rings is 1. The van der Waals surface area contributed by atoms with Crippen molar-refractivity contribution in [1.82, 2.24) is 4.90 Å². The van der Waals surface area contributed by atoms with Gasteiger partial charge in [-0.15, -0.1) is 11.3 Å². The van der Waals surface area contributed by atoms with Gasteiger partial charge in [-0.3, -0.25) is 9.59 Å². The molecule has 0 amide bonds. The summed E-state index contributed by atoms with van der Waals surface area (Å²) in [4.78, 5) is 25.2. The number of carbonyl (C=O) groups excluding carboxylic acids is 2. The first-order chi connectivity index (χ1) is 8.97. The molecule has 1 unspecified atom stereocenters. The molecular formula is C13H15Cl2NO2S. The number of ketones is 2. The number of likely N-dealkylation sites (tertiary alicyclic amines) is 1. The van der Waals surface area contributed by atoms with Gasteiger partial charge in [0.1, 0.15) is 11.6 Å². The van der Waals surface area contributed by atoms with Crippen molar-refractivity contribution in [3.05, 3.63) is 20.3 Å². The van der Waals surface area contributed by atoms with Crippen LogP contribution in [-0.4, -0.2) is 36.1 Å². The van der Waals surface area contributed by atoms with Crippen LogP contribution < -0.4 is 0 Å². The zero-order valence-electron chi connectivity index (χ0n) is 10.6. The fourth-order valence-electron chi connectivity index (χ4n) is 2.28. The van der Waals surface area contributed by atoms with Crippen LogP contribution in [0.4, 0.5) is 0 Å². The fraction of sp³-hybridized carbons (Fsp3) is 0.538. The molecule has 0 bridgehead atoms. The maximum Gasteiger partial charge on any atom is 0.145 e. The molecular weight excluding hydrogens is 305 g/mol. The summed E-state index contributed by atoms with van der Waals surface area (Å²) < 4.78 is 1.41. The molecule has 0 spiro atoms. The minimum absolute atomic E-state index is 0.0358. The number of halogens is 2. The number of nitrogens with zero attached hydrogens (tertiary/aromatic N) is 1. The van der Waals surface area contributed by atoms with Crippen LogP contribution in [0.2, 0.25) is 8.67 Å². The van der Waals surface area contributed by atoms with Crippen molar-refractivity contribution in [3.63, 3.8) is 0 Å².